The molecule has 0 aromatic heterocycles. The van der Waals surface area contributed by atoms with E-state index in [4.69, 9.17) is 4.74 Å². The lowest BCUT2D eigenvalue weighted by Crippen LogP contribution is -2.39. The van der Waals surface area contributed by atoms with Gasteiger partial charge in [0.15, 0.2) is 6.10 Å². The van der Waals surface area contributed by atoms with Crippen molar-refractivity contribution >= 4 is 23.5 Å². The lowest BCUT2D eigenvalue weighted by molar-refractivity contribution is -0.152. The minimum Gasteiger partial charge on any atom is -0.451 e. The number of benzene rings is 2. The van der Waals surface area contributed by atoms with Crippen LogP contribution >= 0.6 is 0 Å². The van der Waals surface area contributed by atoms with Crippen LogP contribution in [0.5, 0.6) is 0 Å². The van der Waals surface area contributed by atoms with Gasteiger partial charge in [0.25, 0.3) is 11.8 Å². The fourth-order valence-electron chi connectivity index (χ4n) is 2.30. The predicted molar refractivity (Wildman–Crippen MR) is 98.9 cm³/mol. The van der Waals surface area contributed by atoms with Gasteiger partial charge in [0.1, 0.15) is 6.54 Å². The number of aryl methyl sites for hydroxylation is 1. The summed E-state index contributed by atoms with van der Waals surface area (Å²) in [5.41, 5.74) is 2.19. The van der Waals surface area contributed by atoms with Gasteiger partial charge in [-0.15, -0.1) is 0 Å². The summed E-state index contributed by atoms with van der Waals surface area (Å²) in [4.78, 5) is 37.6. The zero-order valence-corrected chi connectivity index (χ0v) is 15.1. The van der Waals surface area contributed by atoms with Crippen LogP contribution in [0.2, 0.25) is 0 Å². The number of ether oxygens (including phenoxy) is 1. The molecule has 2 aromatic rings. The van der Waals surface area contributed by atoms with E-state index < -0.39 is 12.1 Å². The smallest absolute Gasteiger partial charge is 0.326 e. The second-order valence-corrected chi connectivity index (χ2v) is 5.91. The Labute approximate surface area is 152 Å². The van der Waals surface area contributed by atoms with Crippen LogP contribution in [0, 0.1) is 6.92 Å². The fraction of sp³-hybridized carbons (Fsp3) is 0.250. The summed E-state index contributed by atoms with van der Waals surface area (Å²) in [5, 5.41) is 2.49. The first kappa shape index (κ1) is 19.2. The number of hydrogen-bond donors (Lipinski definition) is 1. The third kappa shape index (κ3) is 5.17. The number of esters is 1. The first-order chi connectivity index (χ1) is 12.4. The third-order valence-corrected chi connectivity index (χ3v) is 3.84. The Morgan fingerprint density at radius 3 is 2.27 bits per heavy atom. The van der Waals surface area contributed by atoms with E-state index in [1.807, 2.05) is 37.3 Å². The Bertz CT molecular complexity index is 772. The Kier molecular flexibility index (Phi) is 6.49. The van der Waals surface area contributed by atoms with Crippen molar-refractivity contribution in [2.75, 3.05) is 18.5 Å². The Hall–Kier alpha value is -3.15. The van der Waals surface area contributed by atoms with E-state index in [-0.39, 0.29) is 18.4 Å². The van der Waals surface area contributed by atoms with E-state index >= 15 is 0 Å². The Balaban J connectivity index is 1.83. The number of rotatable bonds is 6. The summed E-state index contributed by atoms with van der Waals surface area (Å²) in [7, 11) is 1.61. The van der Waals surface area contributed by atoms with Crippen molar-refractivity contribution in [3.8, 4) is 0 Å². The highest BCUT2D eigenvalue weighted by atomic mass is 16.5. The number of carbonyl (C=O) groups excluding carboxylic acids is 3. The van der Waals surface area contributed by atoms with Gasteiger partial charge in [0.05, 0.1) is 0 Å². The zero-order valence-electron chi connectivity index (χ0n) is 15.1. The average molecular weight is 354 g/mol. The van der Waals surface area contributed by atoms with Gasteiger partial charge in [-0.05, 0) is 38.1 Å². The van der Waals surface area contributed by atoms with Crippen LogP contribution < -0.4 is 10.2 Å². The molecule has 136 valence electrons. The van der Waals surface area contributed by atoms with Crippen molar-refractivity contribution < 1.29 is 19.1 Å². The number of hydrogen-bond acceptors (Lipinski definition) is 4. The van der Waals surface area contributed by atoms with Crippen LogP contribution in [0.4, 0.5) is 5.69 Å². The van der Waals surface area contributed by atoms with Crippen molar-refractivity contribution in [1.82, 2.24) is 5.32 Å². The van der Waals surface area contributed by atoms with Crippen LogP contribution in [0.15, 0.2) is 54.6 Å². The number of nitrogens with zero attached hydrogens (tertiary/aromatic N) is 1. The standard InChI is InChI=1S/C20H22N2O4/c1-14-9-11-16(12-10-14)19(24)21-13-18(23)26-15(2)20(25)22(3)17-7-5-4-6-8-17/h4-12,15H,13H2,1-3H3,(H,21,24). The minimum absolute atomic E-state index is 0.306. The molecule has 6 heteroatoms. The molecule has 2 amide bonds. The molecular weight excluding hydrogens is 332 g/mol. The number of likely N-dealkylation sites (N-methyl/N-ethyl adjacent to an activating group) is 1. The topological polar surface area (TPSA) is 75.7 Å². The van der Waals surface area contributed by atoms with Gasteiger partial charge in [0.2, 0.25) is 0 Å². The summed E-state index contributed by atoms with van der Waals surface area (Å²) in [6, 6.07) is 16.0. The summed E-state index contributed by atoms with van der Waals surface area (Å²) >= 11 is 0. The van der Waals surface area contributed by atoms with Crippen LogP contribution in [-0.2, 0) is 14.3 Å². The first-order valence-electron chi connectivity index (χ1n) is 8.25. The van der Waals surface area contributed by atoms with Gasteiger partial charge in [-0.25, -0.2) is 0 Å². The minimum atomic E-state index is -0.955. The van der Waals surface area contributed by atoms with Crippen molar-refractivity contribution in [1.29, 1.82) is 0 Å². The summed E-state index contributed by atoms with van der Waals surface area (Å²) in [6.45, 7) is 3.12. The van der Waals surface area contributed by atoms with Crippen LogP contribution in [0.25, 0.3) is 0 Å². The third-order valence-electron chi connectivity index (χ3n) is 3.84. The van der Waals surface area contributed by atoms with Gasteiger partial charge < -0.3 is 15.0 Å². The number of carbonyl (C=O) groups is 3. The first-order valence-corrected chi connectivity index (χ1v) is 8.25. The summed E-state index contributed by atoms with van der Waals surface area (Å²) in [5.74, 6) is -1.40. The number of nitrogens with one attached hydrogen (secondary N) is 1. The molecule has 2 rings (SSSR count). The van der Waals surface area contributed by atoms with Gasteiger partial charge >= 0.3 is 5.97 Å². The van der Waals surface area contributed by atoms with Crippen LogP contribution in [0.1, 0.15) is 22.8 Å². The second-order valence-electron chi connectivity index (χ2n) is 5.91. The largest absolute Gasteiger partial charge is 0.451 e. The number of para-hydroxylation sites is 1. The van der Waals surface area contributed by atoms with E-state index in [2.05, 4.69) is 5.32 Å². The molecule has 0 aliphatic carbocycles. The highest BCUT2D eigenvalue weighted by molar-refractivity contribution is 5.98. The number of anilines is 1. The lowest BCUT2D eigenvalue weighted by Gasteiger charge is -2.21. The molecule has 0 spiro atoms. The molecule has 0 saturated heterocycles. The van der Waals surface area contributed by atoms with Crippen molar-refractivity contribution in [2.45, 2.75) is 20.0 Å². The van der Waals surface area contributed by atoms with E-state index in [0.717, 1.165) is 5.56 Å². The van der Waals surface area contributed by atoms with Crippen molar-refractivity contribution in [3.05, 3.63) is 65.7 Å². The molecule has 0 aliphatic heterocycles. The molecule has 1 atom stereocenters. The van der Waals surface area contributed by atoms with E-state index in [1.165, 1.54) is 11.8 Å². The predicted octanol–water partition coefficient (Wildman–Crippen LogP) is 2.32. The van der Waals surface area contributed by atoms with Gasteiger partial charge in [0, 0.05) is 18.3 Å². The highest BCUT2D eigenvalue weighted by Crippen LogP contribution is 2.13. The average Bonchev–Trinajstić information content (AvgIpc) is 2.66. The lowest BCUT2D eigenvalue weighted by atomic mass is 10.1. The molecule has 0 saturated carbocycles. The van der Waals surface area contributed by atoms with Crippen molar-refractivity contribution in [2.24, 2.45) is 0 Å². The molecule has 1 N–H and O–H groups in total. The van der Waals surface area contributed by atoms with Gasteiger partial charge in [-0.2, -0.15) is 0 Å². The van der Waals surface area contributed by atoms with Gasteiger partial charge in [-0.1, -0.05) is 35.9 Å². The van der Waals surface area contributed by atoms with Gasteiger partial charge in [-0.3, -0.25) is 14.4 Å². The molecule has 1 unspecified atom stereocenters. The summed E-state index contributed by atoms with van der Waals surface area (Å²) < 4.78 is 5.12. The zero-order chi connectivity index (χ0) is 19.1. The molecule has 0 fully saturated rings. The molecule has 0 aliphatic rings. The molecule has 6 nitrogen and oxygen atoms in total. The molecular formula is C20H22N2O4. The summed E-state index contributed by atoms with van der Waals surface area (Å²) in [6.07, 6.45) is -0.955. The van der Waals surface area contributed by atoms with E-state index in [9.17, 15) is 14.4 Å². The maximum atomic E-state index is 12.3. The quantitative estimate of drug-likeness (QED) is 0.808. The molecule has 2 aromatic carbocycles. The maximum Gasteiger partial charge on any atom is 0.326 e. The molecule has 0 radical (unpaired) electrons. The molecule has 0 heterocycles. The van der Waals surface area contributed by atoms with E-state index in [1.54, 1.807) is 31.3 Å². The number of amides is 2. The highest BCUT2D eigenvalue weighted by Gasteiger charge is 2.22. The molecule has 0 bridgehead atoms. The Morgan fingerprint density at radius 1 is 1.04 bits per heavy atom. The monoisotopic (exact) mass is 354 g/mol. The van der Waals surface area contributed by atoms with E-state index in [0.29, 0.717) is 11.3 Å². The SMILES string of the molecule is Cc1ccc(C(=O)NCC(=O)OC(C)C(=O)N(C)c2ccccc2)cc1. The van der Waals surface area contributed by atoms with Crippen LogP contribution in [0.3, 0.4) is 0 Å². The van der Waals surface area contributed by atoms with Crippen LogP contribution in [-0.4, -0.2) is 37.5 Å². The normalized spacial score (nSPS) is 11.3. The fourth-order valence-corrected chi connectivity index (χ4v) is 2.30. The Morgan fingerprint density at radius 2 is 1.65 bits per heavy atom. The molecule has 26 heavy (non-hydrogen) atoms. The van der Waals surface area contributed by atoms with Crippen molar-refractivity contribution in [3.63, 3.8) is 0 Å². The maximum absolute atomic E-state index is 12.3. The second kappa shape index (κ2) is 8.80.